The number of ether oxygens (including phenoxy) is 3. The number of aryl methyl sites for hydroxylation is 1. The highest BCUT2D eigenvalue weighted by molar-refractivity contribution is 5.83. The fraction of sp³-hybridized carbons (Fsp3) is 0.464. The summed E-state index contributed by atoms with van der Waals surface area (Å²) >= 11 is 0. The van der Waals surface area contributed by atoms with Gasteiger partial charge in [0.1, 0.15) is 19.0 Å². The Labute approximate surface area is 205 Å². The fourth-order valence-electron chi connectivity index (χ4n) is 5.06. The van der Waals surface area contributed by atoms with E-state index in [4.69, 9.17) is 14.2 Å². The molecule has 7 nitrogen and oxygen atoms in total. The first-order valence-corrected chi connectivity index (χ1v) is 12.8. The van der Waals surface area contributed by atoms with Gasteiger partial charge in [-0.2, -0.15) is 0 Å². The number of likely N-dealkylation sites (tertiary alicyclic amines) is 1. The molecule has 184 valence electrons. The molecule has 0 amide bonds. The zero-order valence-electron chi connectivity index (χ0n) is 20.3. The van der Waals surface area contributed by atoms with Crippen molar-refractivity contribution < 1.29 is 14.2 Å². The van der Waals surface area contributed by atoms with E-state index in [2.05, 4.69) is 28.4 Å². The van der Waals surface area contributed by atoms with Crippen molar-refractivity contribution in [2.75, 3.05) is 26.3 Å². The summed E-state index contributed by atoms with van der Waals surface area (Å²) in [5.41, 5.74) is 3.24. The summed E-state index contributed by atoms with van der Waals surface area (Å²) in [6.07, 6.45) is 4.69. The van der Waals surface area contributed by atoms with Crippen LogP contribution >= 0.6 is 0 Å². The molecule has 1 N–H and O–H groups in total. The summed E-state index contributed by atoms with van der Waals surface area (Å²) in [5.74, 6) is 2.53. The second-order valence-corrected chi connectivity index (χ2v) is 9.98. The van der Waals surface area contributed by atoms with Gasteiger partial charge in [0.05, 0.1) is 18.3 Å². The first-order valence-electron chi connectivity index (χ1n) is 12.8. The van der Waals surface area contributed by atoms with Gasteiger partial charge < -0.3 is 19.5 Å². The zero-order chi connectivity index (χ0) is 23.8. The number of hydrogen-bond acceptors (Lipinski definition) is 6. The summed E-state index contributed by atoms with van der Waals surface area (Å²) in [4.78, 5) is 15.3. The van der Waals surface area contributed by atoms with Crippen LogP contribution in [0.5, 0.6) is 17.2 Å². The maximum absolute atomic E-state index is 13.0. The predicted molar refractivity (Wildman–Crippen MR) is 135 cm³/mol. The molecular weight excluding hydrogens is 442 g/mol. The highest BCUT2D eigenvalue weighted by Gasteiger charge is 2.24. The van der Waals surface area contributed by atoms with E-state index in [1.165, 1.54) is 5.56 Å². The molecule has 2 fully saturated rings. The molecular formula is C28H33N3O4. The number of fused-ring (bicyclic) bond motifs is 2. The monoisotopic (exact) mass is 475 g/mol. The van der Waals surface area contributed by atoms with Gasteiger partial charge in [0.25, 0.3) is 5.56 Å². The van der Waals surface area contributed by atoms with Gasteiger partial charge in [0.15, 0.2) is 11.5 Å². The third-order valence-electron chi connectivity index (χ3n) is 7.25. The second kappa shape index (κ2) is 9.55. The van der Waals surface area contributed by atoms with Crippen molar-refractivity contribution in [2.45, 2.75) is 58.0 Å². The van der Waals surface area contributed by atoms with Crippen LogP contribution in [-0.2, 0) is 13.2 Å². The minimum atomic E-state index is 0.0532. The minimum absolute atomic E-state index is 0.0532. The number of nitrogens with zero attached hydrogens (tertiary/aromatic N) is 2. The van der Waals surface area contributed by atoms with Crippen LogP contribution in [0, 0.1) is 6.92 Å². The number of pyridine rings is 1. The van der Waals surface area contributed by atoms with Crippen LogP contribution in [-0.4, -0.2) is 47.9 Å². The maximum Gasteiger partial charge on any atom is 0.252 e. The summed E-state index contributed by atoms with van der Waals surface area (Å²) in [7, 11) is 0. The van der Waals surface area contributed by atoms with Gasteiger partial charge >= 0.3 is 0 Å². The molecule has 3 heterocycles. The van der Waals surface area contributed by atoms with E-state index in [1.54, 1.807) is 6.07 Å². The lowest BCUT2D eigenvalue weighted by Gasteiger charge is -2.33. The standard InChI is InChI=1S/C28H33N3O4/c1-19-14-28(32)31(25-16-23(5-6-24(19)25)35-22-3-4-22)18-30-10-8-21(9-11-30)29-17-20-2-7-26-27(15-20)34-13-12-33-26/h2,5-7,14-16,21-22,29H,3-4,8-13,17-18H2,1H3. The van der Waals surface area contributed by atoms with Crippen LogP contribution in [0.2, 0.25) is 0 Å². The molecule has 2 aromatic carbocycles. The number of benzene rings is 2. The molecule has 7 heteroatoms. The quantitative estimate of drug-likeness (QED) is 0.560. The Balaban J connectivity index is 1.09. The maximum atomic E-state index is 13.0. The Morgan fingerprint density at radius 1 is 0.971 bits per heavy atom. The smallest absolute Gasteiger partial charge is 0.252 e. The lowest BCUT2D eigenvalue weighted by Crippen LogP contribution is -2.44. The van der Waals surface area contributed by atoms with Crippen molar-refractivity contribution in [2.24, 2.45) is 0 Å². The van der Waals surface area contributed by atoms with Crippen LogP contribution in [0.1, 0.15) is 36.8 Å². The molecule has 1 aromatic heterocycles. The van der Waals surface area contributed by atoms with E-state index in [0.29, 0.717) is 32.0 Å². The molecule has 0 atom stereocenters. The van der Waals surface area contributed by atoms with Gasteiger partial charge in [-0.3, -0.25) is 14.3 Å². The SMILES string of the molecule is Cc1cc(=O)n(CN2CCC(NCc3ccc4c(c3)OCCO4)CC2)c2cc(OC3CC3)ccc12. The van der Waals surface area contributed by atoms with Gasteiger partial charge in [-0.05, 0) is 68.0 Å². The largest absolute Gasteiger partial charge is 0.490 e. The van der Waals surface area contributed by atoms with Crippen LogP contribution < -0.4 is 25.1 Å². The molecule has 3 aliphatic rings. The van der Waals surface area contributed by atoms with Crippen molar-refractivity contribution in [3.05, 3.63) is 63.9 Å². The molecule has 35 heavy (non-hydrogen) atoms. The Bertz CT molecular complexity index is 1280. The van der Waals surface area contributed by atoms with E-state index >= 15 is 0 Å². The van der Waals surface area contributed by atoms with Gasteiger partial charge in [-0.25, -0.2) is 0 Å². The third-order valence-corrected chi connectivity index (χ3v) is 7.25. The normalized spacial score (nSPS) is 18.7. The van der Waals surface area contributed by atoms with Crippen molar-refractivity contribution in [3.63, 3.8) is 0 Å². The first-order chi connectivity index (χ1) is 17.1. The van der Waals surface area contributed by atoms with Gasteiger partial charge in [-0.1, -0.05) is 6.07 Å². The van der Waals surface area contributed by atoms with Gasteiger partial charge in [-0.15, -0.1) is 0 Å². The Kier molecular flexibility index (Phi) is 6.12. The topological polar surface area (TPSA) is 65.0 Å². The van der Waals surface area contributed by atoms with Crippen LogP contribution in [0.4, 0.5) is 0 Å². The molecule has 1 saturated carbocycles. The van der Waals surface area contributed by atoms with Crippen molar-refractivity contribution >= 4 is 10.9 Å². The molecule has 1 saturated heterocycles. The predicted octanol–water partition coefficient (Wildman–Crippen LogP) is 3.83. The summed E-state index contributed by atoms with van der Waals surface area (Å²) < 4.78 is 19.2. The molecule has 0 spiro atoms. The lowest BCUT2D eigenvalue weighted by atomic mass is 10.0. The Morgan fingerprint density at radius 2 is 1.77 bits per heavy atom. The molecule has 0 bridgehead atoms. The van der Waals surface area contributed by atoms with E-state index in [0.717, 1.165) is 79.0 Å². The first kappa shape index (κ1) is 22.4. The second-order valence-electron chi connectivity index (χ2n) is 9.98. The number of piperidine rings is 1. The number of hydrogen-bond donors (Lipinski definition) is 1. The summed E-state index contributed by atoms with van der Waals surface area (Å²) in [5, 5.41) is 4.82. The van der Waals surface area contributed by atoms with E-state index < -0.39 is 0 Å². The number of nitrogens with one attached hydrogen (secondary N) is 1. The van der Waals surface area contributed by atoms with E-state index in [1.807, 2.05) is 29.7 Å². The zero-order valence-corrected chi connectivity index (χ0v) is 20.3. The molecule has 6 rings (SSSR count). The molecule has 0 unspecified atom stereocenters. The van der Waals surface area contributed by atoms with Crippen molar-refractivity contribution in [1.29, 1.82) is 0 Å². The summed E-state index contributed by atoms with van der Waals surface area (Å²) in [6, 6.07) is 14.6. The molecule has 2 aliphatic heterocycles. The van der Waals surface area contributed by atoms with Gasteiger partial charge in [0.2, 0.25) is 0 Å². The number of rotatable bonds is 7. The average molecular weight is 476 g/mol. The Morgan fingerprint density at radius 3 is 2.57 bits per heavy atom. The number of aromatic nitrogens is 1. The minimum Gasteiger partial charge on any atom is -0.490 e. The lowest BCUT2D eigenvalue weighted by molar-refractivity contribution is 0.159. The fourth-order valence-corrected chi connectivity index (χ4v) is 5.06. The van der Waals surface area contributed by atoms with Crippen LogP contribution in [0.25, 0.3) is 10.9 Å². The average Bonchev–Trinajstić information content (AvgIpc) is 3.70. The van der Waals surface area contributed by atoms with Crippen molar-refractivity contribution in [1.82, 2.24) is 14.8 Å². The molecule has 3 aromatic rings. The van der Waals surface area contributed by atoms with E-state index in [9.17, 15) is 4.79 Å². The highest BCUT2D eigenvalue weighted by atomic mass is 16.6. The Hall–Kier alpha value is -3.03. The highest BCUT2D eigenvalue weighted by Crippen LogP contribution is 2.31. The van der Waals surface area contributed by atoms with Gasteiger partial charge in [0, 0.05) is 43.2 Å². The molecule has 0 radical (unpaired) electrons. The van der Waals surface area contributed by atoms with Crippen LogP contribution in [0.15, 0.2) is 47.3 Å². The summed E-state index contributed by atoms with van der Waals surface area (Å²) in [6.45, 7) is 6.57. The van der Waals surface area contributed by atoms with Crippen LogP contribution in [0.3, 0.4) is 0 Å². The van der Waals surface area contributed by atoms with E-state index in [-0.39, 0.29) is 5.56 Å². The molecule has 1 aliphatic carbocycles. The third kappa shape index (κ3) is 5.02. The van der Waals surface area contributed by atoms with Crippen molar-refractivity contribution in [3.8, 4) is 17.2 Å².